The molecule has 0 radical (unpaired) electrons. The lowest BCUT2D eigenvalue weighted by Gasteiger charge is -2.05. The van der Waals surface area contributed by atoms with Crippen molar-refractivity contribution in [1.29, 1.82) is 5.26 Å². The van der Waals surface area contributed by atoms with E-state index in [0.29, 0.717) is 17.8 Å². The van der Waals surface area contributed by atoms with Crippen LogP contribution in [0.2, 0.25) is 0 Å². The third-order valence-corrected chi connectivity index (χ3v) is 3.51. The highest BCUT2D eigenvalue weighted by molar-refractivity contribution is 6.08. The first kappa shape index (κ1) is 11.7. The molecule has 2 aromatic rings. The summed E-state index contributed by atoms with van der Waals surface area (Å²) in [5.41, 5.74) is 1.93. The van der Waals surface area contributed by atoms with Crippen LogP contribution >= 0.6 is 0 Å². The van der Waals surface area contributed by atoms with Gasteiger partial charge in [-0.25, -0.2) is 4.39 Å². The fourth-order valence-corrected chi connectivity index (χ4v) is 2.52. The predicted octanol–water partition coefficient (Wildman–Crippen LogP) is 2.87. The summed E-state index contributed by atoms with van der Waals surface area (Å²) in [6.45, 7) is 0.683. The second kappa shape index (κ2) is 4.36. The van der Waals surface area contributed by atoms with Crippen molar-refractivity contribution in [1.82, 2.24) is 4.57 Å². The zero-order chi connectivity index (χ0) is 13.4. The topological polar surface area (TPSA) is 45.8 Å². The highest BCUT2D eigenvalue weighted by atomic mass is 19.1. The average Bonchev–Trinajstić information content (AvgIpc) is 2.99. The number of carbonyl (C=O) groups is 1. The van der Waals surface area contributed by atoms with Crippen molar-refractivity contribution in [2.24, 2.45) is 0 Å². The quantitative estimate of drug-likeness (QED) is 0.773. The van der Waals surface area contributed by atoms with Gasteiger partial charge in [-0.05, 0) is 42.8 Å². The Labute approximate surface area is 109 Å². The molecule has 94 valence electrons. The zero-order valence-electron chi connectivity index (χ0n) is 10.1. The third kappa shape index (κ3) is 1.84. The van der Waals surface area contributed by atoms with Gasteiger partial charge in [-0.2, -0.15) is 5.26 Å². The van der Waals surface area contributed by atoms with E-state index in [-0.39, 0.29) is 17.5 Å². The normalized spacial score (nSPS) is 16.9. The third-order valence-electron chi connectivity index (χ3n) is 3.51. The minimum atomic E-state index is -0.360. The van der Waals surface area contributed by atoms with Crippen LogP contribution in [0.3, 0.4) is 0 Å². The molecule has 19 heavy (non-hydrogen) atoms. The van der Waals surface area contributed by atoms with Gasteiger partial charge >= 0.3 is 0 Å². The minimum Gasteiger partial charge on any atom is -0.341 e. The monoisotopic (exact) mass is 254 g/mol. The van der Waals surface area contributed by atoms with Crippen molar-refractivity contribution in [2.75, 3.05) is 0 Å². The molecule has 1 unspecified atom stereocenters. The number of aromatic nitrogens is 1. The van der Waals surface area contributed by atoms with Crippen molar-refractivity contribution in [3.8, 4) is 6.07 Å². The zero-order valence-corrected chi connectivity index (χ0v) is 10.1. The van der Waals surface area contributed by atoms with E-state index in [1.54, 1.807) is 6.07 Å². The Morgan fingerprint density at radius 3 is 2.68 bits per heavy atom. The first-order valence-corrected chi connectivity index (χ1v) is 6.10. The van der Waals surface area contributed by atoms with Crippen molar-refractivity contribution in [2.45, 2.75) is 18.9 Å². The van der Waals surface area contributed by atoms with Crippen LogP contribution in [0.25, 0.3) is 0 Å². The molecular weight excluding hydrogens is 243 g/mol. The highest BCUT2D eigenvalue weighted by Crippen LogP contribution is 2.30. The largest absolute Gasteiger partial charge is 0.341 e. The number of hydrogen-bond acceptors (Lipinski definition) is 2. The molecule has 1 atom stereocenters. The van der Waals surface area contributed by atoms with Crippen LogP contribution < -0.4 is 0 Å². The van der Waals surface area contributed by atoms with E-state index in [2.05, 4.69) is 6.07 Å². The van der Waals surface area contributed by atoms with E-state index >= 15 is 0 Å². The lowest BCUT2D eigenvalue weighted by Crippen LogP contribution is -2.08. The molecule has 0 aliphatic carbocycles. The molecule has 0 saturated carbocycles. The molecular formula is C15H11FN2O. The van der Waals surface area contributed by atoms with Gasteiger partial charge in [0, 0.05) is 17.8 Å². The summed E-state index contributed by atoms with van der Waals surface area (Å²) in [6, 6.07) is 11.3. The van der Waals surface area contributed by atoms with Crippen molar-refractivity contribution in [3.63, 3.8) is 0 Å². The van der Waals surface area contributed by atoms with Gasteiger partial charge in [0.25, 0.3) is 0 Å². The molecule has 0 fully saturated rings. The van der Waals surface area contributed by atoms with Crippen LogP contribution in [0.5, 0.6) is 0 Å². The molecule has 4 heteroatoms. The molecule has 0 amide bonds. The number of nitriles is 1. The van der Waals surface area contributed by atoms with Gasteiger partial charge in [0.15, 0.2) is 0 Å². The molecule has 0 N–H and O–H groups in total. The number of fused-ring (bicyclic) bond motifs is 1. The number of halogens is 1. The van der Waals surface area contributed by atoms with E-state index in [1.807, 2.05) is 10.6 Å². The Balaban J connectivity index is 1.98. The smallest absolute Gasteiger partial charge is 0.209 e. The van der Waals surface area contributed by atoms with E-state index in [1.165, 1.54) is 24.3 Å². The number of rotatable bonds is 2. The van der Waals surface area contributed by atoms with E-state index in [0.717, 1.165) is 12.1 Å². The Morgan fingerprint density at radius 2 is 2.00 bits per heavy atom. The van der Waals surface area contributed by atoms with Gasteiger partial charge in [-0.3, -0.25) is 4.79 Å². The van der Waals surface area contributed by atoms with Crippen LogP contribution in [0.1, 0.15) is 34.1 Å². The summed E-state index contributed by atoms with van der Waals surface area (Å²) >= 11 is 0. The van der Waals surface area contributed by atoms with E-state index < -0.39 is 0 Å². The molecule has 0 saturated heterocycles. The number of carbonyl (C=O) groups excluding carboxylic acids is 1. The Kier molecular flexibility index (Phi) is 2.68. The maximum atomic E-state index is 12.9. The summed E-state index contributed by atoms with van der Waals surface area (Å²) < 4.78 is 14.7. The van der Waals surface area contributed by atoms with Crippen molar-refractivity contribution in [3.05, 3.63) is 59.2 Å². The van der Waals surface area contributed by atoms with Gasteiger partial charge in [0.1, 0.15) is 5.82 Å². The molecule has 0 spiro atoms. The van der Waals surface area contributed by atoms with Crippen LogP contribution in [0.15, 0.2) is 36.4 Å². The summed E-state index contributed by atoms with van der Waals surface area (Å²) in [4.78, 5) is 12.3. The van der Waals surface area contributed by atoms with E-state index in [4.69, 9.17) is 5.26 Å². The standard InChI is InChI=1S/C15H11FN2O/c16-12-3-1-10(2-4-12)15(19)14-6-5-13-11(9-17)7-8-18(13)14/h1-6,11H,7-8H2. The van der Waals surface area contributed by atoms with Crippen LogP contribution in [0.4, 0.5) is 4.39 Å². The van der Waals surface area contributed by atoms with Crippen molar-refractivity contribution < 1.29 is 9.18 Å². The Morgan fingerprint density at radius 1 is 1.26 bits per heavy atom. The lowest BCUT2D eigenvalue weighted by molar-refractivity contribution is 0.103. The van der Waals surface area contributed by atoms with Crippen LogP contribution in [0, 0.1) is 17.1 Å². The number of ketones is 1. The van der Waals surface area contributed by atoms with E-state index in [9.17, 15) is 9.18 Å². The van der Waals surface area contributed by atoms with Gasteiger partial charge < -0.3 is 4.57 Å². The molecule has 1 aromatic carbocycles. The summed E-state index contributed by atoms with van der Waals surface area (Å²) in [5.74, 6) is -0.624. The van der Waals surface area contributed by atoms with Crippen LogP contribution in [-0.4, -0.2) is 10.4 Å². The average molecular weight is 254 g/mol. The fraction of sp³-hybridized carbons (Fsp3) is 0.200. The summed E-state index contributed by atoms with van der Waals surface area (Å²) in [5, 5.41) is 9.02. The maximum Gasteiger partial charge on any atom is 0.209 e. The molecule has 1 aliphatic rings. The second-order valence-corrected chi connectivity index (χ2v) is 4.60. The molecule has 2 heterocycles. The number of hydrogen-bond donors (Lipinski definition) is 0. The summed E-state index contributed by atoms with van der Waals surface area (Å²) in [6.07, 6.45) is 0.746. The lowest BCUT2D eigenvalue weighted by atomic mass is 10.1. The van der Waals surface area contributed by atoms with Gasteiger partial charge in [0.05, 0.1) is 17.7 Å². The van der Waals surface area contributed by atoms with Crippen molar-refractivity contribution >= 4 is 5.78 Å². The first-order chi connectivity index (χ1) is 9.20. The molecule has 1 aliphatic heterocycles. The van der Waals surface area contributed by atoms with Gasteiger partial charge in [-0.1, -0.05) is 0 Å². The first-order valence-electron chi connectivity index (χ1n) is 6.10. The predicted molar refractivity (Wildman–Crippen MR) is 67.2 cm³/mol. The van der Waals surface area contributed by atoms with Gasteiger partial charge in [0.2, 0.25) is 5.78 Å². The summed E-state index contributed by atoms with van der Waals surface area (Å²) in [7, 11) is 0. The molecule has 3 nitrogen and oxygen atoms in total. The Hall–Kier alpha value is -2.41. The second-order valence-electron chi connectivity index (χ2n) is 4.60. The highest BCUT2D eigenvalue weighted by Gasteiger charge is 2.26. The van der Waals surface area contributed by atoms with Crippen LogP contribution in [-0.2, 0) is 6.54 Å². The number of benzene rings is 1. The number of nitrogens with zero attached hydrogens (tertiary/aromatic N) is 2. The molecule has 0 bridgehead atoms. The van der Waals surface area contributed by atoms with Gasteiger partial charge in [-0.15, -0.1) is 0 Å². The SMILES string of the molecule is N#CC1CCn2c(C(=O)c3ccc(F)cc3)ccc21. The molecule has 1 aromatic heterocycles. The minimum absolute atomic E-state index is 0.130. The maximum absolute atomic E-state index is 12.9. The molecule has 3 rings (SSSR count). The Bertz CT molecular complexity index is 679. The fourth-order valence-electron chi connectivity index (χ4n) is 2.52.